The molecule has 1 heterocycles. The van der Waals surface area contributed by atoms with Crippen molar-refractivity contribution in [2.45, 2.75) is 45.1 Å². The van der Waals surface area contributed by atoms with E-state index in [1.54, 1.807) is 0 Å². The molecule has 1 unspecified atom stereocenters. The molecule has 0 aromatic heterocycles. The molecule has 0 radical (unpaired) electrons. The molecule has 1 aliphatic heterocycles. The number of nitrogens with zero attached hydrogens (tertiary/aromatic N) is 2. The van der Waals surface area contributed by atoms with Crippen molar-refractivity contribution in [1.82, 2.24) is 9.80 Å². The van der Waals surface area contributed by atoms with Crippen molar-refractivity contribution >= 4 is 30.0 Å². The highest BCUT2D eigenvalue weighted by Gasteiger charge is 2.22. The second-order valence-corrected chi connectivity index (χ2v) is 7.49. The zero-order chi connectivity index (χ0) is 19.1. The van der Waals surface area contributed by atoms with Gasteiger partial charge in [0.15, 0.2) is 0 Å². The lowest BCUT2D eigenvalue weighted by atomic mass is 10.0. The first-order valence-electron chi connectivity index (χ1n) is 9.39. The molecule has 1 atom stereocenters. The van der Waals surface area contributed by atoms with Gasteiger partial charge in [-0.2, -0.15) is 0 Å². The van der Waals surface area contributed by atoms with Crippen LogP contribution in [0.2, 0.25) is 0 Å². The molecule has 2 rings (SSSR count). The minimum absolute atomic E-state index is 0. The fourth-order valence-corrected chi connectivity index (χ4v) is 3.43. The van der Waals surface area contributed by atoms with E-state index in [0.29, 0.717) is 12.5 Å². The number of likely N-dealkylation sites (tertiary alicyclic amines) is 1. The van der Waals surface area contributed by atoms with E-state index in [1.807, 2.05) is 24.1 Å². The van der Waals surface area contributed by atoms with E-state index >= 15 is 0 Å². The van der Waals surface area contributed by atoms with E-state index in [-0.39, 0.29) is 30.9 Å². The van der Waals surface area contributed by atoms with Gasteiger partial charge in [0.25, 0.3) is 0 Å². The summed E-state index contributed by atoms with van der Waals surface area (Å²) in [5.41, 5.74) is 2.08. The van der Waals surface area contributed by atoms with Gasteiger partial charge >= 0.3 is 5.97 Å². The Labute approximate surface area is 168 Å². The quantitative estimate of drug-likeness (QED) is 0.739. The van der Waals surface area contributed by atoms with Crippen molar-refractivity contribution in [2.24, 2.45) is 0 Å². The first-order chi connectivity index (χ1) is 12.3. The lowest BCUT2D eigenvalue weighted by Gasteiger charge is -2.25. The molecule has 2 N–H and O–H groups in total. The Morgan fingerprint density at radius 1 is 1.22 bits per heavy atom. The molecule has 27 heavy (non-hydrogen) atoms. The first kappa shape index (κ1) is 23.4. The monoisotopic (exact) mass is 397 g/mol. The van der Waals surface area contributed by atoms with E-state index in [4.69, 9.17) is 5.11 Å². The Balaban J connectivity index is 0.00000364. The highest BCUT2D eigenvalue weighted by Crippen LogP contribution is 2.18. The van der Waals surface area contributed by atoms with Crippen LogP contribution in [-0.4, -0.2) is 66.1 Å². The van der Waals surface area contributed by atoms with E-state index in [1.165, 1.54) is 5.56 Å². The van der Waals surface area contributed by atoms with Gasteiger partial charge in [-0.15, -0.1) is 12.4 Å². The third-order valence-electron chi connectivity index (χ3n) is 5.03. The van der Waals surface area contributed by atoms with E-state index in [9.17, 15) is 9.59 Å². The number of likely N-dealkylation sites (N-methyl/N-ethyl adjacent to an activating group) is 1. The molecule has 1 saturated heterocycles. The minimum Gasteiger partial charge on any atom is -0.480 e. The molecule has 1 aromatic rings. The van der Waals surface area contributed by atoms with E-state index in [2.05, 4.69) is 36.2 Å². The number of hydrogen-bond acceptors (Lipinski definition) is 4. The summed E-state index contributed by atoms with van der Waals surface area (Å²) in [6.07, 6.45) is 2.84. The van der Waals surface area contributed by atoms with Crippen LogP contribution in [0.25, 0.3) is 0 Å². The number of carboxylic acids is 1. The van der Waals surface area contributed by atoms with Crippen LogP contribution in [0.15, 0.2) is 24.3 Å². The lowest BCUT2D eigenvalue weighted by molar-refractivity contribution is -0.138. The first-order valence-corrected chi connectivity index (χ1v) is 9.39. The summed E-state index contributed by atoms with van der Waals surface area (Å²) in [7, 11) is 1.86. The highest BCUT2D eigenvalue weighted by molar-refractivity contribution is 5.92. The van der Waals surface area contributed by atoms with Gasteiger partial charge in [-0.3, -0.25) is 19.4 Å². The molecule has 0 aliphatic carbocycles. The molecule has 152 valence electrons. The Kier molecular flexibility index (Phi) is 9.77. The van der Waals surface area contributed by atoms with Crippen LogP contribution in [0.4, 0.5) is 5.69 Å². The van der Waals surface area contributed by atoms with Crippen LogP contribution < -0.4 is 5.32 Å². The van der Waals surface area contributed by atoms with Crippen molar-refractivity contribution in [2.75, 3.05) is 38.5 Å². The molecule has 1 aliphatic rings. The molecule has 1 fully saturated rings. The third-order valence-corrected chi connectivity index (χ3v) is 5.03. The average Bonchev–Trinajstić information content (AvgIpc) is 2.80. The summed E-state index contributed by atoms with van der Waals surface area (Å²) >= 11 is 0. The van der Waals surface area contributed by atoms with Crippen LogP contribution in [0.5, 0.6) is 0 Å². The van der Waals surface area contributed by atoms with Gasteiger partial charge in [0.2, 0.25) is 5.91 Å². The second-order valence-electron chi connectivity index (χ2n) is 7.49. The van der Waals surface area contributed by atoms with Crippen molar-refractivity contribution in [1.29, 1.82) is 0 Å². The zero-order valence-electron chi connectivity index (χ0n) is 16.5. The number of carboxylic acid groups (broad SMARTS) is 1. The van der Waals surface area contributed by atoms with Gasteiger partial charge in [-0.05, 0) is 56.5 Å². The maximum Gasteiger partial charge on any atom is 0.317 e. The Hall–Kier alpha value is -1.63. The number of halogens is 1. The van der Waals surface area contributed by atoms with E-state index < -0.39 is 5.97 Å². The number of hydrogen-bond donors (Lipinski definition) is 2. The second kappa shape index (κ2) is 11.3. The van der Waals surface area contributed by atoms with Crippen LogP contribution in [0.3, 0.4) is 0 Å². The molecule has 0 bridgehead atoms. The molecule has 7 heteroatoms. The summed E-state index contributed by atoms with van der Waals surface area (Å²) in [5, 5.41) is 11.9. The topological polar surface area (TPSA) is 72.9 Å². The molecule has 6 nitrogen and oxygen atoms in total. The molecule has 1 aromatic carbocycles. The molecule has 1 amide bonds. The van der Waals surface area contributed by atoms with Gasteiger partial charge in [-0.25, -0.2) is 0 Å². The number of anilines is 1. The standard InChI is InChI=1S/C20H31N3O3.ClH/c1-15(2)16-6-8-17(9-7-16)21-19(24)13-23-11-4-5-18(10-12-23)22(3)14-20(25)26;/h6-9,15,18H,4-5,10-14H2,1-3H3,(H,21,24)(H,25,26);1H. The summed E-state index contributed by atoms with van der Waals surface area (Å²) < 4.78 is 0. The smallest absolute Gasteiger partial charge is 0.317 e. The van der Waals surface area contributed by atoms with Crippen LogP contribution >= 0.6 is 12.4 Å². The van der Waals surface area contributed by atoms with Crippen molar-refractivity contribution in [3.05, 3.63) is 29.8 Å². The highest BCUT2D eigenvalue weighted by atomic mass is 35.5. The fourth-order valence-electron chi connectivity index (χ4n) is 3.43. The lowest BCUT2D eigenvalue weighted by Crippen LogP contribution is -2.37. The number of carbonyl (C=O) groups is 2. The number of aliphatic carboxylic acids is 1. The predicted molar refractivity (Wildman–Crippen MR) is 111 cm³/mol. The normalized spacial score (nSPS) is 18.0. The number of carbonyl (C=O) groups excluding carboxylic acids is 1. The summed E-state index contributed by atoms with van der Waals surface area (Å²) in [5.74, 6) is -0.319. The number of amides is 1. The van der Waals surface area contributed by atoms with Crippen LogP contribution in [0, 0.1) is 0 Å². The molecular weight excluding hydrogens is 366 g/mol. The van der Waals surface area contributed by atoms with Gasteiger partial charge in [0, 0.05) is 18.3 Å². The predicted octanol–water partition coefficient (Wildman–Crippen LogP) is 3.04. The maximum atomic E-state index is 12.3. The Morgan fingerprint density at radius 2 is 1.89 bits per heavy atom. The van der Waals surface area contributed by atoms with Crippen molar-refractivity contribution < 1.29 is 14.7 Å². The number of benzene rings is 1. The van der Waals surface area contributed by atoms with Gasteiger partial charge < -0.3 is 10.4 Å². The van der Waals surface area contributed by atoms with Crippen molar-refractivity contribution in [3.63, 3.8) is 0 Å². The Bertz CT molecular complexity index is 607. The maximum absolute atomic E-state index is 12.3. The van der Waals surface area contributed by atoms with Gasteiger partial charge in [-0.1, -0.05) is 26.0 Å². The summed E-state index contributed by atoms with van der Waals surface area (Å²) in [6, 6.07) is 8.27. The molecular formula is C20H32ClN3O3. The zero-order valence-corrected chi connectivity index (χ0v) is 17.3. The number of rotatable bonds is 7. The van der Waals surface area contributed by atoms with Crippen LogP contribution in [0.1, 0.15) is 44.6 Å². The largest absolute Gasteiger partial charge is 0.480 e. The third kappa shape index (κ3) is 7.87. The van der Waals surface area contributed by atoms with E-state index in [0.717, 1.165) is 38.0 Å². The Morgan fingerprint density at radius 3 is 2.48 bits per heavy atom. The van der Waals surface area contributed by atoms with Crippen molar-refractivity contribution in [3.8, 4) is 0 Å². The molecule has 0 spiro atoms. The van der Waals surface area contributed by atoms with Crippen LogP contribution in [-0.2, 0) is 9.59 Å². The summed E-state index contributed by atoms with van der Waals surface area (Å²) in [4.78, 5) is 27.3. The summed E-state index contributed by atoms with van der Waals surface area (Å²) in [6.45, 7) is 6.42. The van der Waals surface area contributed by atoms with Gasteiger partial charge in [0.05, 0.1) is 13.1 Å². The SMILES string of the molecule is CC(C)c1ccc(NC(=O)CN2CCCC(N(C)CC(=O)O)CC2)cc1.Cl. The van der Waals surface area contributed by atoms with Gasteiger partial charge in [0.1, 0.15) is 0 Å². The fraction of sp³-hybridized carbons (Fsp3) is 0.600. The minimum atomic E-state index is -0.795. The average molecular weight is 398 g/mol. The number of nitrogens with one attached hydrogen (secondary N) is 1. The molecule has 0 saturated carbocycles.